The van der Waals surface area contributed by atoms with E-state index in [9.17, 15) is 13.5 Å². The second-order valence-electron chi connectivity index (χ2n) is 6.31. The van der Waals surface area contributed by atoms with Crippen LogP contribution in [0.3, 0.4) is 0 Å². The molecule has 2 unspecified atom stereocenters. The summed E-state index contributed by atoms with van der Waals surface area (Å²) < 4.78 is 27.6. The van der Waals surface area contributed by atoms with Gasteiger partial charge in [0.25, 0.3) is 0 Å². The SMILES string of the molecule is Cc1cc(C)c(S(=O)(=O)N2CC(C)CCC2C)cc1CO. The highest BCUT2D eigenvalue weighted by molar-refractivity contribution is 7.89. The van der Waals surface area contributed by atoms with Crippen LogP contribution < -0.4 is 0 Å². The van der Waals surface area contributed by atoms with Gasteiger partial charge in [0, 0.05) is 12.6 Å². The molecule has 0 amide bonds. The molecule has 0 aromatic heterocycles. The maximum atomic E-state index is 13.0. The first kappa shape index (κ1) is 16.5. The van der Waals surface area contributed by atoms with Crippen molar-refractivity contribution >= 4 is 10.0 Å². The summed E-state index contributed by atoms with van der Waals surface area (Å²) in [6, 6.07) is 3.51. The molecule has 1 heterocycles. The van der Waals surface area contributed by atoms with Crippen LogP contribution in [0.15, 0.2) is 17.0 Å². The van der Waals surface area contributed by atoms with Crippen molar-refractivity contribution < 1.29 is 13.5 Å². The second-order valence-corrected chi connectivity index (χ2v) is 8.17. The summed E-state index contributed by atoms with van der Waals surface area (Å²) in [4.78, 5) is 0.332. The van der Waals surface area contributed by atoms with Crippen molar-refractivity contribution in [2.75, 3.05) is 6.54 Å². The normalized spacial score (nSPS) is 24.2. The molecule has 0 bridgehead atoms. The van der Waals surface area contributed by atoms with E-state index in [1.165, 1.54) is 0 Å². The van der Waals surface area contributed by atoms with Crippen molar-refractivity contribution in [2.24, 2.45) is 5.92 Å². The molecule has 4 nitrogen and oxygen atoms in total. The van der Waals surface area contributed by atoms with Gasteiger partial charge in [-0.25, -0.2) is 8.42 Å². The molecular formula is C16H25NO3S. The van der Waals surface area contributed by atoms with Crippen LogP contribution in [-0.2, 0) is 16.6 Å². The Morgan fingerprint density at radius 1 is 1.19 bits per heavy atom. The lowest BCUT2D eigenvalue weighted by Crippen LogP contribution is -2.45. The Hall–Kier alpha value is -0.910. The molecule has 5 heteroatoms. The molecule has 1 aliphatic heterocycles. The lowest BCUT2D eigenvalue weighted by Gasteiger charge is -2.36. The Labute approximate surface area is 127 Å². The second kappa shape index (κ2) is 6.07. The van der Waals surface area contributed by atoms with E-state index in [4.69, 9.17) is 0 Å². The molecular weight excluding hydrogens is 286 g/mol. The van der Waals surface area contributed by atoms with Crippen molar-refractivity contribution in [3.8, 4) is 0 Å². The van der Waals surface area contributed by atoms with E-state index in [0.717, 1.165) is 24.0 Å². The number of rotatable bonds is 3. The molecule has 1 N–H and O–H groups in total. The van der Waals surface area contributed by atoms with E-state index in [1.807, 2.05) is 26.8 Å². The Kier molecular flexibility index (Phi) is 4.76. The van der Waals surface area contributed by atoms with E-state index >= 15 is 0 Å². The van der Waals surface area contributed by atoms with Crippen LogP contribution in [0.5, 0.6) is 0 Å². The Morgan fingerprint density at radius 3 is 2.48 bits per heavy atom. The average molecular weight is 311 g/mol. The van der Waals surface area contributed by atoms with Crippen LogP contribution in [-0.4, -0.2) is 30.4 Å². The van der Waals surface area contributed by atoms with Crippen molar-refractivity contribution in [1.29, 1.82) is 0 Å². The molecule has 2 rings (SSSR count). The van der Waals surface area contributed by atoms with E-state index in [0.29, 0.717) is 22.9 Å². The number of nitrogens with zero attached hydrogens (tertiary/aromatic N) is 1. The number of piperidine rings is 1. The molecule has 0 saturated carbocycles. The van der Waals surface area contributed by atoms with E-state index < -0.39 is 10.0 Å². The van der Waals surface area contributed by atoms with Crippen molar-refractivity contribution in [3.05, 3.63) is 28.8 Å². The number of aliphatic hydroxyl groups excluding tert-OH is 1. The van der Waals surface area contributed by atoms with Gasteiger partial charge in [0.05, 0.1) is 11.5 Å². The molecule has 118 valence electrons. The number of aliphatic hydroxyl groups is 1. The van der Waals surface area contributed by atoms with E-state index in [2.05, 4.69) is 6.92 Å². The van der Waals surface area contributed by atoms with Crippen LogP contribution in [0, 0.1) is 19.8 Å². The highest BCUT2D eigenvalue weighted by atomic mass is 32.2. The fourth-order valence-electron chi connectivity index (χ4n) is 3.03. The first-order chi connectivity index (χ1) is 9.77. The zero-order valence-electron chi connectivity index (χ0n) is 13.3. The highest BCUT2D eigenvalue weighted by Crippen LogP contribution is 2.30. The molecule has 1 fully saturated rings. The summed E-state index contributed by atoms with van der Waals surface area (Å²) in [6.45, 7) is 8.21. The van der Waals surface area contributed by atoms with Gasteiger partial charge in [-0.2, -0.15) is 4.31 Å². The van der Waals surface area contributed by atoms with Gasteiger partial charge in [0.15, 0.2) is 0 Å². The predicted octanol–water partition coefficient (Wildman–Crippen LogP) is 2.60. The minimum Gasteiger partial charge on any atom is -0.392 e. The molecule has 0 radical (unpaired) electrons. The first-order valence-electron chi connectivity index (χ1n) is 7.50. The van der Waals surface area contributed by atoms with Gasteiger partial charge in [0.2, 0.25) is 10.0 Å². The van der Waals surface area contributed by atoms with E-state index in [1.54, 1.807) is 10.4 Å². The lowest BCUT2D eigenvalue weighted by atomic mass is 9.97. The van der Waals surface area contributed by atoms with Crippen molar-refractivity contribution in [2.45, 2.75) is 58.1 Å². The molecule has 1 saturated heterocycles. The Balaban J connectivity index is 2.48. The van der Waals surface area contributed by atoms with Gasteiger partial charge in [-0.3, -0.25) is 0 Å². The standard InChI is InChI=1S/C16H25NO3S/c1-11-5-6-14(4)17(9-11)21(19,20)16-8-15(10-18)12(2)7-13(16)3/h7-8,11,14,18H,5-6,9-10H2,1-4H3. The summed E-state index contributed by atoms with van der Waals surface area (Å²) in [5, 5.41) is 9.40. The number of benzene rings is 1. The molecule has 0 spiro atoms. The zero-order valence-corrected chi connectivity index (χ0v) is 14.1. The molecule has 1 aromatic rings. The molecule has 2 atom stereocenters. The highest BCUT2D eigenvalue weighted by Gasteiger charge is 2.34. The summed E-state index contributed by atoms with van der Waals surface area (Å²) in [6.07, 6.45) is 1.97. The maximum Gasteiger partial charge on any atom is 0.243 e. The van der Waals surface area contributed by atoms with Gasteiger partial charge in [0.1, 0.15) is 0 Å². The zero-order chi connectivity index (χ0) is 15.8. The number of aryl methyl sites for hydroxylation is 2. The van der Waals surface area contributed by atoms with Crippen LogP contribution in [0.25, 0.3) is 0 Å². The topological polar surface area (TPSA) is 57.6 Å². The van der Waals surface area contributed by atoms with Crippen LogP contribution in [0.1, 0.15) is 43.4 Å². The van der Waals surface area contributed by atoms with Crippen molar-refractivity contribution in [1.82, 2.24) is 4.31 Å². The molecule has 0 aliphatic carbocycles. The third-order valence-corrected chi connectivity index (χ3v) is 6.57. The monoisotopic (exact) mass is 311 g/mol. The fraction of sp³-hybridized carbons (Fsp3) is 0.625. The molecule has 21 heavy (non-hydrogen) atoms. The third-order valence-electron chi connectivity index (χ3n) is 4.45. The Bertz CT molecular complexity index is 625. The smallest absolute Gasteiger partial charge is 0.243 e. The van der Waals surface area contributed by atoms with Gasteiger partial charge >= 0.3 is 0 Å². The van der Waals surface area contributed by atoms with Gasteiger partial charge in [-0.1, -0.05) is 13.0 Å². The first-order valence-corrected chi connectivity index (χ1v) is 8.94. The van der Waals surface area contributed by atoms with Gasteiger partial charge in [-0.15, -0.1) is 0 Å². The fourth-order valence-corrected chi connectivity index (χ4v) is 5.07. The maximum absolute atomic E-state index is 13.0. The largest absolute Gasteiger partial charge is 0.392 e. The number of hydrogen-bond donors (Lipinski definition) is 1. The summed E-state index contributed by atoms with van der Waals surface area (Å²) >= 11 is 0. The molecule has 1 aliphatic rings. The quantitative estimate of drug-likeness (QED) is 0.933. The van der Waals surface area contributed by atoms with Crippen LogP contribution in [0.4, 0.5) is 0 Å². The average Bonchev–Trinajstić information content (AvgIpc) is 2.41. The van der Waals surface area contributed by atoms with E-state index in [-0.39, 0.29) is 12.6 Å². The third kappa shape index (κ3) is 3.15. The summed E-state index contributed by atoms with van der Waals surface area (Å²) in [7, 11) is -3.50. The van der Waals surface area contributed by atoms with Crippen LogP contribution in [0.2, 0.25) is 0 Å². The lowest BCUT2D eigenvalue weighted by molar-refractivity contribution is 0.218. The predicted molar refractivity (Wildman–Crippen MR) is 83.6 cm³/mol. The van der Waals surface area contributed by atoms with Crippen LogP contribution >= 0.6 is 0 Å². The summed E-state index contributed by atoms with van der Waals surface area (Å²) in [5.74, 6) is 0.388. The minimum absolute atomic E-state index is 0.0319. The molecule has 1 aromatic carbocycles. The van der Waals surface area contributed by atoms with Gasteiger partial charge < -0.3 is 5.11 Å². The number of sulfonamides is 1. The minimum atomic E-state index is -3.50. The summed E-state index contributed by atoms with van der Waals surface area (Å²) in [5.41, 5.74) is 2.35. The number of hydrogen-bond acceptors (Lipinski definition) is 3. The van der Waals surface area contributed by atoms with Crippen molar-refractivity contribution in [3.63, 3.8) is 0 Å². The van der Waals surface area contributed by atoms with Gasteiger partial charge in [-0.05, 0) is 62.3 Å². The Morgan fingerprint density at radius 2 is 1.86 bits per heavy atom.